The van der Waals surface area contributed by atoms with Crippen LogP contribution in [-0.2, 0) is 4.79 Å². The molecule has 8 heteroatoms. The molecule has 0 saturated heterocycles. The molecule has 1 N–H and O–H groups in total. The molecule has 5 rings (SSSR count). The van der Waals surface area contributed by atoms with Gasteiger partial charge in [0.2, 0.25) is 11.0 Å². The summed E-state index contributed by atoms with van der Waals surface area (Å²) in [5.74, 6) is 1.82. The fourth-order valence-electron chi connectivity index (χ4n) is 3.86. The van der Waals surface area contributed by atoms with E-state index in [0.717, 1.165) is 26.5 Å². The van der Waals surface area contributed by atoms with E-state index in [0.29, 0.717) is 23.7 Å². The van der Waals surface area contributed by atoms with Gasteiger partial charge in [0.25, 0.3) is 0 Å². The van der Waals surface area contributed by atoms with E-state index in [2.05, 4.69) is 15.4 Å². The molecule has 1 aliphatic heterocycles. The van der Waals surface area contributed by atoms with E-state index in [1.165, 1.54) is 0 Å². The van der Waals surface area contributed by atoms with Crippen LogP contribution in [0, 0.1) is 0 Å². The van der Waals surface area contributed by atoms with Crippen molar-refractivity contribution in [3.05, 3.63) is 59.8 Å². The molecule has 0 saturated carbocycles. The van der Waals surface area contributed by atoms with Crippen LogP contribution in [0.15, 0.2) is 48.7 Å². The predicted molar refractivity (Wildman–Crippen MR) is 121 cm³/mol. The Balaban J connectivity index is 1.56. The van der Waals surface area contributed by atoms with E-state index < -0.39 is 0 Å². The number of ether oxygens (including phenoxy) is 2. The van der Waals surface area contributed by atoms with Gasteiger partial charge in [0.15, 0.2) is 11.5 Å². The molecule has 0 aliphatic carbocycles. The Morgan fingerprint density at radius 1 is 1.19 bits per heavy atom. The first kappa shape index (κ1) is 19.6. The van der Waals surface area contributed by atoms with Crippen LogP contribution in [0.5, 0.6) is 11.5 Å². The number of nitrogens with one attached hydrogen (secondary N) is 1. The molecule has 2 aromatic carbocycles. The van der Waals surface area contributed by atoms with E-state index in [9.17, 15) is 4.79 Å². The number of thiazole rings is 1. The fourth-order valence-corrected chi connectivity index (χ4v) is 4.80. The second-order valence-corrected chi connectivity index (χ2v) is 8.72. The number of anilines is 1. The standard InChI is InChI=1S/C23H22N4O3S/c1-13(2)30-18-9-8-14(10-19(18)29-3)15-11-21(28)26-22-16(15)12-24-27(22)23-25-17-6-4-5-7-20(17)31-23/h4-10,12-13,15H,11H2,1-3H3,(H,26,28)/t15-/m0/s1. The summed E-state index contributed by atoms with van der Waals surface area (Å²) in [6.45, 7) is 3.95. The number of para-hydroxylation sites is 1. The van der Waals surface area contributed by atoms with Gasteiger partial charge in [0.05, 0.1) is 29.6 Å². The van der Waals surface area contributed by atoms with Crippen molar-refractivity contribution in [2.45, 2.75) is 32.3 Å². The minimum Gasteiger partial charge on any atom is -0.493 e. The quantitative estimate of drug-likeness (QED) is 0.490. The molecular formula is C23H22N4O3S. The molecule has 2 aromatic heterocycles. The Kier molecular flexibility index (Phi) is 4.86. The van der Waals surface area contributed by atoms with Gasteiger partial charge in [-0.25, -0.2) is 4.98 Å². The number of hydrogen-bond donors (Lipinski definition) is 1. The first-order chi connectivity index (χ1) is 15.0. The van der Waals surface area contributed by atoms with Gasteiger partial charge in [-0.2, -0.15) is 9.78 Å². The van der Waals surface area contributed by atoms with Gasteiger partial charge in [0, 0.05) is 17.9 Å². The van der Waals surface area contributed by atoms with E-state index in [1.807, 2.05) is 62.5 Å². The van der Waals surface area contributed by atoms with Crippen LogP contribution in [0.4, 0.5) is 5.82 Å². The number of rotatable bonds is 5. The number of fused-ring (bicyclic) bond motifs is 2. The van der Waals surface area contributed by atoms with Crippen molar-refractivity contribution in [1.82, 2.24) is 14.8 Å². The maximum atomic E-state index is 12.6. The number of hydrogen-bond acceptors (Lipinski definition) is 6. The zero-order chi connectivity index (χ0) is 21.5. The van der Waals surface area contributed by atoms with Gasteiger partial charge in [-0.3, -0.25) is 4.79 Å². The lowest BCUT2D eigenvalue weighted by Crippen LogP contribution is -2.24. The van der Waals surface area contributed by atoms with Crippen LogP contribution < -0.4 is 14.8 Å². The van der Waals surface area contributed by atoms with Crippen LogP contribution in [0.2, 0.25) is 0 Å². The Morgan fingerprint density at radius 3 is 2.81 bits per heavy atom. The highest BCUT2D eigenvalue weighted by atomic mass is 32.1. The van der Waals surface area contributed by atoms with Crippen molar-refractivity contribution in [3.8, 4) is 16.6 Å². The van der Waals surface area contributed by atoms with Crippen molar-refractivity contribution in [2.24, 2.45) is 0 Å². The molecule has 0 spiro atoms. The van der Waals surface area contributed by atoms with Crippen molar-refractivity contribution in [2.75, 3.05) is 12.4 Å². The third-order valence-corrected chi connectivity index (χ3v) is 6.25. The molecule has 1 atom stereocenters. The summed E-state index contributed by atoms with van der Waals surface area (Å²) in [6.07, 6.45) is 2.20. The molecule has 31 heavy (non-hydrogen) atoms. The lowest BCUT2D eigenvalue weighted by molar-refractivity contribution is -0.116. The summed E-state index contributed by atoms with van der Waals surface area (Å²) in [7, 11) is 1.62. The monoisotopic (exact) mass is 434 g/mol. The highest BCUT2D eigenvalue weighted by Crippen LogP contribution is 2.41. The minimum absolute atomic E-state index is 0.0406. The Labute approximate surface area is 183 Å². The summed E-state index contributed by atoms with van der Waals surface area (Å²) >= 11 is 1.54. The first-order valence-corrected chi connectivity index (χ1v) is 10.9. The molecule has 0 unspecified atom stereocenters. The number of amides is 1. The largest absolute Gasteiger partial charge is 0.493 e. The molecule has 7 nitrogen and oxygen atoms in total. The number of carbonyl (C=O) groups excluding carboxylic acids is 1. The van der Waals surface area contributed by atoms with Gasteiger partial charge >= 0.3 is 0 Å². The second kappa shape index (κ2) is 7.70. The van der Waals surface area contributed by atoms with Gasteiger partial charge in [-0.1, -0.05) is 29.5 Å². The molecule has 158 valence electrons. The normalized spacial score (nSPS) is 15.7. The van der Waals surface area contributed by atoms with Crippen LogP contribution >= 0.6 is 11.3 Å². The van der Waals surface area contributed by atoms with E-state index in [4.69, 9.17) is 9.47 Å². The Morgan fingerprint density at radius 2 is 2.03 bits per heavy atom. The smallest absolute Gasteiger partial charge is 0.226 e. The number of nitrogens with zero attached hydrogens (tertiary/aromatic N) is 3. The van der Waals surface area contributed by atoms with Crippen molar-refractivity contribution in [1.29, 1.82) is 0 Å². The van der Waals surface area contributed by atoms with Crippen molar-refractivity contribution >= 4 is 33.3 Å². The summed E-state index contributed by atoms with van der Waals surface area (Å²) in [5.41, 5.74) is 2.85. The summed E-state index contributed by atoms with van der Waals surface area (Å²) < 4.78 is 14.2. The molecule has 0 fully saturated rings. The molecule has 1 amide bonds. The average molecular weight is 435 g/mol. The highest BCUT2D eigenvalue weighted by molar-refractivity contribution is 7.20. The predicted octanol–water partition coefficient (Wildman–Crippen LogP) is 4.75. The highest BCUT2D eigenvalue weighted by Gasteiger charge is 2.31. The lowest BCUT2D eigenvalue weighted by Gasteiger charge is -2.24. The number of methoxy groups -OCH3 is 1. The number of benzene rings is 2. The number of aromatic nitrogens is 3. The molecular weight excluding hydrogens is 412 g/mol. The number of carbonyl (C=O) groups is 1. The molecule has 0 bridgehead atoms. The molecule has 3 heterocycles. The molecule has 0 radical (unpaired) electrons. The van der Waals surface area contributed by atoms with Gasteiger partial charge in [0.1, 0.15) is 5.82 Å². The summed E-state index contributed by atoms with van der Waals surface area (Å²) in [6, 6.07) is 13.8. The zero-order valence-electron chi connectivity index (χ0n) is 17.5. The van der Waals surface area contributed by atoms with Crippen LogP contribution in [0.3, 0.4) is 0 Å². The van der Waals surface area contributed by atoms with Crippen molar-refractivity contribution < 1.29 is 14.3 Å². The maximum Gasteiger partial charge on any atom is 0.226 e. The minimum atomic E-state index is -0.131. The van der Waals surface area contributed by atoms with Crippen molar-refractivity contribution in [3.63, 3.8) is 0 Å². The van der Waals surface area contributed by atoms with Crippen LogP contribution in [0.25, 0.3) is 15.3 Å². The summed E-state index contributed by atoms with van der Waals surface area (Å²) in [5, 5.41) is 8.28. The molecule has 4 aromatic rings. The van der Waals surface area contributed by atoms with Gasteiger partial charge < -0.3 is 14.8 Å². The Hall–Kier alpha value is -3.39. The van der Waals surface area contributed by atoms with Gasteiger partial charge in [-0.15, -0.1) is 0 Å². The van der Waals surface area contributed by atoms with E-state index in [-0.39, 0.29) is 17.9 Å². The maximum absolute atomic E-state index is 12.6. The third kappa shape index (κ3) is 3.53. The fraction of sp³-hybridized carbons (Fsp3) is 0.261. The van der Waals surface area contributed by atoms with Crippen LogP contribution in [-0.4, -0.2) is 33.9 Å². The second-order valence-electron chi connectivity index (χ2n) is 7.71. The van der Waals surface area contributed by atoms with E-state index >= 15 is 0 Å². The third-order valence-electron chi connectivity index (χ3n) is 5.24. The van der Waals surface area contributed by atoms with Gasteiger partial charge in [-0.05, 0) is 43.7 Å². The van der Waals surface area contributed by atoms with E-state index in [1.54, 1.807) is 23.1 Å². The SMILES string of the molecule is COc1cc([C@@H]2CC(=O)Nc3c2cnn3-c2nc3ccccc3s2)ccc1OC(C)C. The first-order valence-electron chi connectivity index (χ1n) is 10.1. The molecule has 1 aliphatic rings. The Bertz CT molecular complexity index is 1240. The summed E-state index contributed by atoms with van der Waals surface area (Å²) in [4.78, 5) is 17.3. The van der Waals surface area contributed by atoms with Crippen LogP contribution in [0.1, 0.15) is 37.3 Å². The zero-order valence-corrected chi connectivity index (χ0v) is 18.3. The lowest BCUT2D eigenvalue weighted by atomic mass is 9.87. The topological polar surface area (TPSA) is 78.3 Å². The average Bonchev–Trinajstić information content (AvgIpc) is 3.36.